The molecule has 0 atom stereocenters. The van der Waals surface area contributed by atoms with Gasteiger partial charge in [0.1, 0.15) is 0 Å². The number of thiophene rings is 1. The van der Waals surface area contributed by atoms with Gasteiger partial charge in [-0.15, -0.1) is 11.3 Å². The van der Waals surface area contributed by atoms with Crippen molar-refractivity contribution in [1.82, 2.24) is 0 Å². The van der Waals surface area contributed by atoms with Crippen LogP contribution in [0.25, 0.3) is 0 Å². The van der Waals surface area contributed by atoms with Crippen molar-refractivity contribution in [3.8, 4) is 0 Å². The van der Waals surface area contributed by atoms with Crippen LogP contribution in [0.1, 0.15) is 15.9 Å². The summed E-state index contributed by atoms with van der Waals surface area (Å²) in [4.78, 5) is 12.0. The number of aryl methyl sites for hydroxylation is 1. The first-order chi connectivity index (χ1) is 9.27. The maximum Gasteiger partial charge on any atom is 0.256 e. The molecule has 0 aliphatic heterocycles. The zero-order valence-corrected chi connectivity index (χ0v) is 14.2. The van der Waals surface area contributed by atoms with E-state index in [1.165, 1.54) is 17.4 Å². The first-order valence-electron chi connectivity index (χ1n) is 5.46. The standard InChI is InChI=1S/C12H11IN2O3S2/c1-7-2-3-9(5-10(7)20(14,17)18)15-12(16)8-4-11(13)19-6-8/h2-6H,1H3,(H,15,16)(H2,14,17,18). The van der Waals surface area contributed by atoms with Gasteiger partial charge in [0, 0.05) is 11.1 Å². The Morgan fingerprint density at radius 1 is 1.35 bits per heavy atom. The van der Waals surface area contributed by atoms with Gasteiger partial charge in [-0.2, -0.15) is 0 Å². The number of hydrogen-bond donors (Lipinski definition) is 2. The summed E-state index contributed by atoms with van der Waals surface area (Å²) < 4.78 is 23.9. The van der Waals surface area contributed by atoms with E-state index >= 15 is 0 Å². The average molecular weight is 422 g/mol. The molecule has 0 saturated heterocycles. The van der Waals surface area contributed by atoms with Crippen molar-refractivity contribution in [3.05, 3.63) is 43.7 Å². The summed E-state index contributed by atoms with van der Waals surface area (Å²) in [5, 5.41) is 9.53. The van der Waals surface area contributed by atoms with Crippen LogP contribution < -0.4 is 10.5 Å². The Kier molecular flexibility index (Phi) is 4.47. The summed E-state index contributed by atoms with van der Waals surface area (Å²) in [6.07, 6.45) is 0. The fraction of sp³-hybridized carbons (Fsp3) is 0.0833. The van der Waals surface area contributed by atoms with Gasteiger partial charge in [-0.25, -0.2) is 13.6 Å². The highest BCUT2D eigenvalue weighted by molar-refractivity contribution is 14.1. The van der Waals surface area contributed by atoms with E-state index in [1.807, 2.05) is 0 Å². The van der Waals surface area contributed by atoms with Crippen LogP contribution in [0.5, 0.6) is 0 Å². The number of nitrogens with two attached hydrogens (primary N) is 1. The van der Waals surface area contributed by atoms with Crippen LogP contribution in [0.3, 0.4) is 0 Å². The number of amides is 1. The van der Waals surface area contributed by atoms with E-state index in [4.69, 9.17) is 5.14 Å². The lowest BCUT2D eigenvalue weighted by Gasteiger charge is -2.08. The largest absolute Gasteiger partial charge is 0.322 e. The van der Waals surface area contributed by atoms with Crippen molar-refractivity contribution in [2.45, 2.75) is 11.8 Å². The van der Waals surface area contributed by atoms with Crippen molar-refractivity contribution in [1.29, 1.82) is 0 Å². The van der Waals surface area contributed by atoms with Crippen LogP contribution in [0.15, 0.2) is 34.5 Å². The summed E-state index contributed by atoms with van der Waals surface area (Å²) >= 11 is 3.59. The molecule has 2 rings (SSSR count). The highest BCUT2D eigenvalue weighted by Gasteiger charge is 2.14. The normalized spacial score (nSPS) is 11.3. The minimum atomic E-state index is -3.80. The molecule has 0 bridgehead atoms. The van der Waals surface area contributed by atoms with E-state index in [2.05, 4.69) is 27.9 Å². The monoisotopic (exact) mass is 422 g/mol. The van der Waals surface area contributed by atoms with Crippen molar-refractivity contribution >= 4 is 55.5 Å². The first-order valence-corrected chi connectivity index (χ1v) is 8.96. The Labute approximate surface area is 134 Å². The molecule has 0 saturated carbocycles. The quantitative estimate of drug-likeness (QED) is 0.746. The third kappa shape index (κ3) is 3.57. The van der Waals surface area contributed by atoms with Crippen molar-refractivity contribution in [2.75, 3.05) is 5.32 Å². The second kappa shape index (κ2) is 5.80. The molecule has 1 aromatic carbocycles. The molecular weight excluding hydrogens is 411 g/mol. The molecule has 106 valence electrons. The van der Waals surface area contributed by atoms with E-state index < -0.39 is 10.0 Å². The van der Waals surface area contributed by atoms with Crippen molar-refractivity contribution in [3.63, 3.8) is 0 Å². The van der Waals surface area contributed by atoms with Crippen LogP contribution in [0.2, 0.25) is 0 Å². The highest BCUT2D eigenvalue weighted by atomic mass is 127. The fourth-order valence-electron chi connectivity index (χ4n) is 1.62. The second-order valence-corrected chi connectivity index (χ2v) is 8.45. The van der Waals surface area contributed by atoms with Crippen LogP contribution >= 0.6 is 33.9 Å². The summed E-state index contributed by atoms with van der Waals surface area (Å²) in [6.45, 7) is 1.65. The number of hydrogen-bond acceptors (Lipinski definition) is 4. The van der Waals surface area contributed by atoms with E-state index in [1.54, 1.807) is 30.5 Å². The molecular formula is C12H11IN2O3S2. The van der Waals surface area contributed by atoms with Crippen LogP contribution in [-0.2, 0) is 10.0 Å². The molecule has 8 heteroatoms. The van der Waals surface area contributed by atoms with Crippen molar-refractivity contribution in [2.24, 2.45) is 5.14 Å². The molecule has 0 aliphatic rings. The van der Waals surface area contributed by atoms with Gasteiger partial charge < -0.3 is 5.32 Å². The summed E-state index contributed by atoms with van der Waals surface area (Å²) in [6, 6.07) is 6.36. The lowest BCUT2D eigenvalue weighted by molar-refractivity contribution is 0.102. The fourth-order valence-corrected chi connectivity index (χ4v) is 3.75. The zero-order chi connectivity index (χ0) is 14.9. The molecule has 2 aromatic rings. The van der Waals surface area contributed by atoms with Gasteiger partial charge >= 0.3 is 0 Å². The number of nitrogens with one attached hydrogen (secondary N) is 1. The lowest BCUT2D eigenvalue weighted by Crippen LogP contribution is -2.15. The Bertz CT molecular complexity index is 769. The zero-order valence-electron chi connectivity index (χ0n) is 10.4. The number of anilines is 1. The molecule has 5 nitrogen and oxygen atoms in total. The van der Waals surface area contributed by atoms with E-state index in [0.29, 0.717) is 16.8 Å². The van der Waals surface area contributed by atoms with Gasteiger partial charge in [0.25, 0.3) is 5.91 Å². The Balaban J connectivity index is 2.29. The first kappa shape index (κ1) is 15.4. The number of carbonyl (C=O) groups excluding carboxylic acids is 1. The predicted octanol–water partition coefficient (Wildman–Crippen LogP) is 2.56. The number of sulfonamides is 1. The smallest absolute Gasteiger partial charge is 0.256 e. The second-order valence-electron chi connectivity index (χ2n) is 4.12. The van der Waals surface area contributed by atoms with Gasteiger partial charge in [0.05, 0.1) is 13.3 Å². The number of carbonyl (C=O) groups is 1. The minimum Gasteiger partial charge on any atom is -0.322 e. The van der Waals surface area contributed by atoms with Gasteiger partial charge in [0.15, 0.2) is 0 Å². The number of rotatable bonds is 3. The number of benzene rings is 1. The predicted molar refractivity (Wildman–Crippen MR) is 87.5 cm³/mol. The van der Waals surface area contributed by atoms with Crippen LogP contribution in [-0.4, -0.2) is 14.3 Å². The van der Waals surface area contributed by atoms with Gasteiger partial charge in [-0.05, 0) is 53.3 Å². The SMILES string of the molecule is Cc1ccc(NC(=O)c2csc(I)c2)cc1S(N)(=O)=O. The van der Waals surface area contributed by atoms with Gasteiger partial charge in [-0.1, -0.05) is 6.07 Å². The Morgan fingerprint density at radius 3 is 2.60 bits per heavy atom. The average Bonchev–Trinajstić information content (AvgIpc) is 2.77. The maximum absolute atomic E-state index is 12.0. The lowest BCUT2D eigenvalue weighted by atomic mass is 10.2. The molecule has 1 aromatic heterocycles. The Morgan fingerprint density at radius 2 is 2.05 bits per heavy atom. The number of halogens is 1. The van der Waals surface area contributed by atoms with Crippen molar-refractivity contribution < 1.29 is 13.2 Å². The summed E-state index contributed by atoms with van der Waals surface area (Å²) in [5.41, 5.74) is 1.47. The third-order valence-electron chi connectivity index (χ3n) is 2.58. The topological polar surface area (TPSA) is 89.3 Å². The van der Waals surface area contributed by atoms with Gasteiger partial charge in [0.2, 0.25) is 10.0 Å². The molecule has 3 N–H and O–H groups in total. The molecule has 0 fully saturated rings. The van der Waals surface area contributed by atoms with E-state index in [-0.39, 0.29) is 10.8 Å². The molecule has 1 amide bonds. The molecule has 20 heavy (non-hydrogen) atoms. The van der Waals surface area contributed by atoms with Gasteiger partial charge in [-0.3, -0.25) is 4.79 Å². The molecule has 0 aliphatic carbocycles. The third-order valence-corrected chi connectivity index (χ3v) is 5.42. The molecule has 0 spiro atoms. The summed E-state index contributed by atoms with van der Waals surface area (Å²) in [7, 11) is -3.80. The minimum absolute atomic E-state index is 0.00944. The van der Waals surface area contributed by atoms with E-state index in [9.17, 15) is 13.2 Å². The number of primary sulfonamides is 1. The summed E-state index contributed by atoms with van der Waals surface area (Å²) in [5.74, 6) is -0.284. The van der Waals surface area contributed by atoms with Crippen LogP contribution in [0.4, 0.5) is 5.69 Å². The Hall–Kier alpha value is -0.970. The van der Waals surface area contributed by atoms with E-state index in [0.717, 1.165) is 2.88 Å². The highest BCUT2D eigenvalue weighted by Crippen LogP contribution is 2.21. The molecule has 1 heterocycles. The molecule has 0 radical (unpaired) electrons. The maximum atomic E-state index is 12.0. The molecule has 0 unspecified atom stereocenters. The van der Waals surface area contributed by atoms with Crippen LogP contribution in [0, 0.1) is 9.81 Å².